The maximum Gasteiger partial charge on any atom is 0.138 e. The van der Waals surface area contributed by atoms with Crippen molar-refractivity contribution >= 4 is 23.2 Å². The third-order valence-corrected chi connectivity index (χ3v) is 3.20. The summed E-state index contributed by atoms with van der Waals surface area (Å²) in [5.74, 6) is 1.90. The maximum absolute atomic E-state index is 6.13. The predicted molar refractivity (Wildman–Crippen MR) is 83.9 cm³/mol. The van der Waals surface area contributed by atoms with Crippen LogP contribution in [0.5, 0.6) is 0 Å². The number of hydrogen-bond donors (Lipinski definition) is 2. The fourth-order valence-corrected chi connectivity index (χ4v) is 1.92. The number of hydrogen-bond acceptors (Lipinski definition) is 4. The Kier molecular flexibility index (Phi) is 4.14. The van der Waals surface area contributed by atoms with Crippen molar-refractivity contribution in [3.8, 4) is 0 Å². The first-order valence-electron chi connectivity index (χ1n) is 6.48. The van der Waals surface area contributed by atoms with Gasteiger partial charge in [-0.1, -0.05) is 50.6 Å². The van der Waals surface area contributed by atoms with Crippen LogP contribution in [-0.4, -0.2) is 9.97 Å². The molecule has 3 N–H and O–H groups in total. The molecule has 0 bridgehead atoms. The molecule has 106 valence electrons. The molecule has 0 aliphatic heterocycles. The van der Waals surface area contributed by atoms with Gasteiger partial charge in [-0.05, 0) is 11.6 Å². The van der Waals surface area contributed by atoms with Crippen LogP contribution in [0.1, 0.15) is 32.2 Å². The van der Waals surface area contributed by atoms with E-state index in [2.05, 4.69) is 36.1 Å². The number of nitrogens with one attached hydrogen (secondary N) is 1. The average molecular weight is 291 g/mol. The van der Waals surface area contributed by atoms with Gasteiger partial charge in [-0.3, -0.25) is 0 Å². The molecule has 0 aliphatic rings. The fourth-order valence-electron chi connectivity index (χ4n) is 1.72. The van der Waals surface area contributed by atoms with E-state index in [0.717, 1.165) is 16.4 Å². The van der Waals surface area contributed by atoms with E-state index in [1.165, 1.54) is 0 Å². The molecule has 0 unspecified atom stereocenters. The van der Waals surface area contributed by atoms with Crippen LogP contribution in [0.15, 0.2) is 30.3 Å². The van der Waals surface area contributed by atoms with Crippen LogP contribution in [0, 0.1) is 0 Å². The van der Waals surface area contributed by atoms with Crippen LogP contribution >= 0.6 is 11.6 Å². The van der Waals surface area contributed by atoms with Crippen LogP contribution in [0.3, 0.4) is 0 Å². The highest BCUT2D eigenvalue weighted by atomic mass is 35.5. The number of anilines is 2. The van der Waals surface area contributed by atoms with Crippen molar-refractivity contribution in [3.63, 3.8) is 0 Å². The van der Waals surface area contributed by atoms with Crippen molar-refractivity contribution in [1.29, 1.82) is 0 Å². The number of nitrogens with two attached hydrogens (primary N) is 1. The standard InChI is InChI=1S/C15H19ClN4/c1-15(2,3)14-19-12(17)8-13(20-14)18-9-10-6-4-5-7-11(10)16/h4-8H,9H2,1-3H3,(H3,17,18,19,20). The van der Waals surface area contributed by atoms with Crippen molar-refractivity contribution < 1.29 is 0 Å². The van der Waals surface area contributed by atoms with Crippen LogP contribution in [0.4, 0.5) is 11.6 Å². The molecule has 4 nitrogen and oxygen atoms in total. The summed E-state index contributed by atoms with van der Waals surface area (Å²) in [5.41, 5.74) is 6.71. The minimum atomic E-state index is -0.143. The lowest BCUT2D eigenvalue weighted by molar-refractivity contribution is 0.547. The van der Waals surface area contributed by atoms with Crippen molar-refractivity contribution in [2.45, 2.75) is 32.7 Å². The van der Waals surface area contributed by atoms with Crippen molar-refractivity contribution in [2.75, 3.05) is 11.1 Å². The third-order valence-electron chi connectivity index (χ3n) is 2.83. The highest BCUT2D eigenvalue weighted by Gasteiger charge is 2.18. The molecule has 2 rings (SSSR count). The molecule has 1 heterocycles. The summed E-state index contributed by atoms with van der Waals surface area (Å²) in [5, 5.41) is 3.97. The third kappa shape index (κ3) is 3.61. The number of benzene rings is 1. The van der Waals surface area contributed by atoms with E-state index in [1.807, 2.05) is 24.3 Å². The Balaban J connectivity index is 2.18. The van der Waals surface area contributed by atoms with Crippen LogP contribution < -0.4 is 11.1 Å². The molecule has 0 aliphatic carbocycles. The molecule has 0 radical (unpaired) electrons. The Morgan fingerprint density at radius 2 is 1.90 bits per heavy atom. The van der Waals surface area contributed by atoms with Gasteiger partial charge in [0.05, 0.1) is 0 Å². The van der Waals surface area contributed by atoms with Crippen molar-refractivity contribution in [1.82, 2.24) is 9.97 Å². The molecule has 0 amide bonds. The van der Waals surface area contributed by atoms with Gasteiger partial charge >= 0.3 is 0 Å². The zero-order chi connectivity index (χ0) is 14.8. The van der Waals surface area contributed by atoms with Gasteiger partial charge in [-0.25, -0.2) is 9.97 Å². The second-order valence-electron chi connectivity index (χ2n) is 5.70. The monoisotopic (exact) mass is 290 g/mol. The van der Waals surface area contributed by atoms with Gasteiger partial charge in [0.15, 0.2) is 0 Å². The summed E-state index contributed by atoms with van der Waals surface area (Å²) in [7, 11) is 0. The largest absolute Gasteiger partial charge is 0.384 e. The predicted octanol–water partition coefficient (Wildman–Crippen LogP) is 3.62. The van der Waals surface area contributed by atoms with E-state index in [1.54, 1.807) is 6.07 Å². The average Bonchev–Trinajstić information content (AvgIpc) is 2.36. The quantitative estimate of drug-likeness (QED) is 0.906. The molecule has 0 atom stereocenters. The lowest BCUT2D eigenvalue weighted by Crippen LogP contribution is -2.18. The Morgan fingerprint density at radius 1 is 1.20 bits per heavy atom. The zero-order valence-corrected chi connectivity index (χ0v) is 12.7. The summed E-state index contributed by atoms with van der Waals surface area (Å²) in [6.45, 7) is 6.76. The van der Waals surface area contributed by atoms with E-state index in [0.29, 0.717) is 18.2 Å². The molecule has 2 aromatic rings. The van der Waals surface area contributed by atoms with Crippen LogP contribution in [0.2, 0.25) is 5.02 Å². The summed E-state index contributed by atoms with van der Waals surface area (Å²) in [4.78, 5) is 8.78. The maximum atomic E-state index is 6.13. The highest BCUT2D eigenvalue weighted by molar-refractivity contribution is 6.31. The smallest absolute Gasteiger partial charge is 0.138 e. The van der Waals surface area contributed by atoms with E-state index in [9.17, 15) is 0 Å². The first-order valence-corrected chi connectivity index (χ1v) is 6.86. The Bertz CT molecular complexity index is 605. The molecule has 1 aromatic carbocycles. The zero-order valence-electron chi connectivity index (χ0n) is 11.9. The van der Waals surface area contributed by atoms with Gasteiger partial charge in [0.1, 0.15) is 17.5 Å². The first kappa shape index (κ1) is 14.6. The topological polar surface area (TPSA) is 63.8 Å². The van der Waals surface area contributed by atoms with E-state index in [4.69, 9.17) is 17.3 Å². The van der Waals surface area contributed by atoms with Crippen LogP contribution in [-0.2, 0) is 12.0 Å². The fraction of sp³-hybridized carbons (Fsp3) is 0.333. The summed E-state index contributed by atoms with van der Waals surface area (Å²) in [6, 6.07) is 9.44. The number of nitrogens with zero attached hydrogens (tertiary/aromatic N) is 2. The summed E-state index contributed by atoms with van der Waals surface area (Å²) < 4.78 is 0. The van der Waals surface area contributed by atoms with Gasteiger partial charge in [-0.2, -0.15) is 0 Å². The van der Waals surface area contributed by atoms with E-state index < -0.39 is 0 Å². The van der Waals surface area contributed by atoms with Gasteiger partial charge < -0.3 is 11.1 Å². The first-order chi connectivity index (χ1) is 9.36. The molecule has 5 heteroatoms. The lowest BCUT2D eigenvalue weighted by Gasteiger charge is -2.18. The number of aromatic nitrogens is 2. The number of halogens is 1. The number of rotatable bonds is 3. The molecule has 0 fully saturated rings. The molecule has 20 heavy (non-hydrogen) atoms. The lowest BCUT2D eigenvalue weighted by atomic mass is 9.96. The Morgan fingerprint density at radius 3 is 2.55 bits per heavy atom. The molecule has 1 aromatic heterocycles. The summed E-state index contributed by atoms with van der Waals surface area (Å²) in [6.07, 6.45) is 0. The Hall–Kier alpha value is -1.81. The van der Waals surface area contributed by atoms with Gasteiger partial charge in [0, 0.05) is 23.0 Å². The van der Waals surface area contributed by atoms with Gasteiger partial charge in [0.25, 0.3) is 0 Å². The van der Waals surface area contributed by atoms with Crippen molar-refractivity contribution in [3.05, 3.63) is 46.7 Å². The van der Waals surface area contributed by atoms with E-state index in [-0.39, 0.29) is 5.41 Å². The highest BCUT2D eigenvalue weighted by Crippen LogP contribution is 2.22. The molecular formula is C15H19ClN4. The molecule has 0 saturated heterocycles. The molecular weight excluding hydrogens is 272 g/mol. The second-order valence-corrected chi connectivity index (χ2v) is 6.10. The normalized spacial score (nSPS) is 11.4. The summed E-state index contributed by atoms with van der Waals surface area (Å²) >= 11 is 6.13. The van der Waals surface area contributed by atoms with Gasteiger partial charge in [0.2, 0.25) is 0 Å². The Labute approximate surface area is 124 Å². The van der Waals surface area contributed by atoms with E-state index >= 15 is 0 Å². The second kappa shape index (κ2) is 5.67. The minimum Gasteiger partial charge on any atom is -0.384 e. The minimum absolute atomic E-state index is 0.143. The van der Waals surface area contributed by atoms with Crippen LogP contribution in [0.25, 0.3) is 0 Å². The number of nitrogen functional groups attached to an aromatic ring is 1. The van der Waals surface area contributed by atoms with Gasteiger partial charge in [-0.15, -0.1) is 0 Å². The molecule has 0 spiro atoms. The van der Waals surface area contributed by atoms with Crippen molar-refractivity contribution in [2.24, 2.45) is 0 Å². The SMILES string of the molecule is CC(C)(C)c1nc(N)cc(NCc2ccccc2Cl)n1. The molecule has 0 saturated carbocycles.